The van der Waals surface area contributed by atoms with E-state index in [1.165, 1.54) is 11.8 Å². The minimum atomic E-state index is -1.31. The van der Waals surface area contributed by atoms with Gasteiger partial charge in [-0.25, -0.2) is 8.78 Å². The Hall–Kier alpha value is -4.91. The van der Waals surface area contributed by atoms with Crippen molar-refractivity contribution in [2.24, 2.45) is 17.3 Å². The highest BCUT2D eigenvalue weighted by atomic mass is 19.1. The fourth-order valence-corrected chi connectivity index (χ4v) is 5.69. The van der Waals surface area contributed by atoms with E-state index in [1.54, 1.807) is 12.3 Å². The average molecular weight is 684 g/mol. The zero-order valence-electron chi connectivity index (χ0n) is 28.0. The van der Waals surface area contributed by atoms with E-state index >= 15 is 0 Å². The van der Waals surface area contributed by atoms with Crippen LogP contribution in [0.25, 0.3) is 11.1 Å². The van der Waals surface area contributed by atoms with Gasteiger partial charge in [0.25, 0.3) is 0 Å². The highest BCUT2D eigenvalue weighted by Crippen LogP contribution is 2.41. The van der Waals surface area contributed by atoms with Crippen LogP contribution in [0.3, 0.4) is 0 Å². The number of ketones is 1. The van der Waals surface area contributed by atoms with Crippen LogP contribution in [0, 0.1) is 28.9 Å². The number of aliphatic hydroxyl groups excluding tert-OH is 1. The van der Waals surface area contributed by atoms with E-state index in [2.05, 4.69) is 5.32 Å². The standard InChI is InChI=1S/C36H43F2N3O8/c1-22(34(46)47)14-31(44)39-18-27(43)15-24(35(48)49)12-13-41(32(45)21-42)33(36(2,3)4)30-16-25(28-17-26(37)10-11-29(28)38)20-40(30)19-23-8-6-5-7-9-23/h5-11,16-17,20,22,24,33,42H,12-15,18-19,21H2,1-4H3,(H,39,44)(H,46,47)(H,48,49). The molecular weight excluding hydrogens is 640 g/mol. The summed E-state index contributed by atoms with van der Waals surface area (Å²) >= 11 is 0. The second kappa shape index (κ2) is 17.0. The van der Waals surface area contributed by atoms with Crippen LogP contribution in [0.1, 0.15) is 64.3 Å². The molecular formula is C36H43F2N3O8. The first-order chi connectivity index (χ1) is 23.0. The number of Topliss-reactive ketones (excluding diaryl/α,β-unsaturated/α-hetero) is 1. The summed E-state index contributed by atoms with van der Waals surface area (Å²) in [6.45, 7) is 5.61. The van der Waals surface area contributed by atoms with Gasteiger partial charge in [-0.3, -0.25) is 24.0 Å². The third-order valence-electron chi connectivity index (χ3n) is 8.17. The van der Waals surface area contributed by atoms with Gasteiger partial charge in [0, 0.05) is 48.9 Å². The topological polar surface area (TPSA) is 166 Å². The molecule has 0 saturated carbocycles. The van der Waals surface area contributed by atoms with Crippen LogP contribution in [0.4, 0.5) is 8.78 Å². The molecule has 13 heteroatoms. The van der Waals surface area contributed by atoms with E-state index in [0.717, 1.165) is 23.8 Å². The Balaban J connectivity index is 1.96. The number of benzene rings is 2. The molecule has 3 aromatic rings. The molecule has 3 rings (SSSR count). The average Bonchev–Trinajstić information content (AvgIpc) is 3.43. The lowest BCUT2D eigenvalue weighted by Crippen LogP contribution is -2.44. The van der Waals surface area contributed by atoms with Crippen LogP contribution >= 0.6 is 0 Å². The monoisotopic (exact) mass is 683 g/mol. The summed E-state index contributed by atoms with van der Waals surface area (Å²) in [7, 11) is 0. The molecule has 3 atom stereocenters. The molecule has 4 N–H and O–H groups in total. The lowest BCUT2D eigenvalue weighted by Gasteiger charge is -2.41. The quantitative estimate of drug-likeness (QED) is 0.159. The number of nitrogens with one attached hydrogen (secondary N) is 1. The molecule has 1 heterocycles. The maximum atomic E-state index is 15.0. The Labute approximate surface area is 283 Å². The smallest absolute Gasteiger partial charge is 0.307 e. The van der Waals surface area contributed by atoms with Gasteiger partial charge < -0.3 is 30.1 Å². The Morgan fingerprint density at radius 3 is 2.20 bits per heavy atom. The van der Waals surface area contributed by atoms with Crippen LogP contribution in [0.5, 0.6) is 0 Å². The van der Waals surface area contributed by atoms with E-state index in [1.807, 2.05) is 55.7 Å². The molecule has 2 aromatic carbocycles. The van der Waals surface area contributed by atoms with Gasteiger partial charge in [0.1, 0.15) is 18.2 Å². The number of carboxylic acids is 2. The molecule has 11 nitrogen and oxygen atoms in total. The van der Waals surface area contributed by atoms with Crippen molar-refractivity contribution in [3.05, 3.63) is 83.7 Å². The van der Waals surface area contributed by atoms with Crippen molar-refractivity contribution in [3.8, 4) is 11.1 Å². The maximum absolute atomic E-state index is 15.0. The van der Waals surface area contributed by atoms with Crippen LogP contribution in [0.2, 0.25) is 0 Å². The van der Waals surface area contributed by atoms with Crippen molar-refractivity contribution in [2.45, 2.75) is 59.5 Å². The van der Waals surface area contributed by atoms with E-state index in [4.69, 9.17) is 5.11 Å². The van der Waals surface area contributed by atoms with Crippen molar-refractivity contribution < 1.29 is 48.1 Å². The van der Waals surface area contributed by atoms with Gasteiger partial charge in [0.2, 0.25) is 11.8 Å². The second-order valence-corrected chi connectivity index (χ2v) is 13.2. The van der Waals surface area contributed by atoms with E-state index in [-0.39, 0.29) is 24.9 Å². The maximum Gasteiger partial charge on any atom is 0.307 e. The SMILES string of the molecule is CC(CC(=O)NCC(=O)CC(CCN(C(=O)CO)C(c1cc(-c2cc(F)ccc2F)cn1Cc1ccccc1)C(C)(C)C)C(=O)O)C(=O)O. The number of halogens is 2. The molecule has 0 bridgehead atoms. The van der Waals surface area contributed by atoms with Crippen molar-refractivity contribution in [2.75, 3.05) is 19.7 Å². The number of hydrogen-bond donors (Lipinski definition) is 4. The van der Waals surface area contributed by atoms with E-state index in [9.17, 15) is 43.0 Å². The molecule has 0 aliphatic rings. The molecule has 1 aromatic heterocycles. The number of amides is 2. The van der Waals surface area contributed by atoms with Crippen LogP contribution in [0.15, 0.2) is 60.8 Å². The Bertz CT molecular complexity index is 1650. The summed E-state index contributed by atoms with van der Waals surface area (Å²) in [5.41, 5.74) is 1.03. The summed E-state index contributed by atoms with van der Waals surface area (Å²) in [6, 6.07) is 13.3. The van der Waals surface area contributed by atoms with Gasteiger partial charge in [-0.2, -0.15) is 0 Å². The molecule has 2 amide bonds. The number of carbonyl (C=O) groups excluding carboxylic acids is 3. The second-order valence-electron chi connectivity index (χ2n) is 13.2. The highest BCUT2D eigenvalue weighted by Gasteiger charge is 2.38. The van der Waals surface area contributed by atoms with Gasteiger partial charge in [-0.1, -0.05) is 58.0 Å². The third-order valence-corrected chi connectivity index (χ3v) is 8.17. The normalized spacial score (nSPS) is 13.3. The van der Waals surface area contributed by atoms with Crippen molar-refractivity contribution >= 4 is 29.5 Å². The Kier molecular flexibility index (Phi) is 13.3. The Morgan fingerprint density at radius 1 is 0.939 bits per heavy atom. The first-order valence-corrected chi connectivity index (χ1v) is 15.9. The number of aliphatic hydroxyl groups is 1. The van der Waals surface area contributed by atoms with E-state index < -0.39 is 84.0 Å². The predicted octanol–water partition coefficient (Wildman–Crippen LogP) is 4.67. The van der Waals surface area contributed by atoms with Gasteiger partial charge in [-0.15, -0.1) is 0 Å². The highest BCUT2D eigenvalue weighted by molar-refractivity contribution is 5.89. The molecule has 0 aliphatic heterocycles. The number of carbonyl (C=O) groups is 5. The molecule has 0 aliphatic carbocycles. The first-order valence-electron chi connectivity index (χ1n) is 15.9. The van der Waals surface area contributed by atoms with Crippen molar-refractivity contribution in [1.29, 1.82) is 0 Å². The van der Waals surface area contributed by atoms with Crippen LogP contribution in [-0.2, 0) is 30.5 Å². The van der Waals surface area contributed by atoms with Gasteiger partial charge in [-0.05, 0) is 41.7 Å². The third kappa shape index (κ3) is 10.8. The number of aromatic nitrogens is 1. The number of hydrogen-bond acceptors (Lipinski definition) is 6. The summed E-state index contributed by atoms with van der Waals surface area (Å²) in [6.07, 6.45) is 0.648. The largest absolute Gasteiger partial charge is 0.481 e. The van der Waals surface area contributed by atoms with Crippen molar-refractivity contribution in [1.82, 2.24) is 14.8 Å². The van der Waals surface area contributed by atoms with Gasteiger partial charge in [0.05, 0.1) is 24.4 Å². The zero-order chi connectivity index (χ0) is 36.5. The van der Waals surface area contributed by atoms with Gasteiger partial charge in [0.15, 0.2) is 5.78 Å². The lowest BCUT2D eigenvalue weighted by atomic mass is 9.82. The van der Waals surface area contributed by atoms with Crippen LogP contribution in [-0.4, -0.2) is 74.0 Å². The fourth-order valence-electron chi connectivity index (χ4n) is 5.69. The summed E-state index contributed by atoms with van der Waals surface area (Å²) < 4.78 is 31.0. The summed E-state index contributed by atoms with van der Waals surface area (Å²) in [5.74, 6) is -7.97. The molecule has 49 heavy (non-hydrogen) atoms. The molecule has 264 valence electrons. The number of carboxylic acid groups (broad SMARTS) is 2. The minimum absolute atomic E-state index is 0.00900. The lowest BCUT2D eigenvalue weighted by molar-refractivity contribution is -0.146. The summed E-state index contributed by atoms with van der Waals surface area (Å²) in [5, 5.41) is 31.3. The molecule has 3 unspecified atom stereocenters. The predicted molar refractivity (Wildman–Crippen MR) is 176 cm³/mol. The number of rotatable bonds is 17. The van der Waals surface area contributed by atoms with E-state index in [0.29, 0.717) is 17.8 Å². The Morgan fingerprint density at radius 2 is 1.61 bits per heavy atom. The first kappa shape index (κ1) is 38.5. The molecule has 0 fully saturated rings. The fraction of sp³-hybridized carbons (Fsp3) is 0.417. The molecule has 0 radical (unpaired) electrons. The number of nitrogens with zero attached hydrogens (tertiary/aromatic N) is 2. The van der Waals surface area contributed by atoms with Crippen molar-refractivity contribution in [3.63, 3.8) is 0 Å². The van der Waals surface area contributed by atoms with Crippen LogP contribution < -0.4 is 5.32 Å². The molecule has 0 saturated heterocycles. The number of aliphatic carboxylic acids is 2. The summed E-state index contributed by atoms with van der Waals surface area (Å²) in [4.78, 5) is 62.7. The zero-order valence-corrected chi connectivity index (χ0v) is 28.0. The minimum Gasteiger partial charge on any atom is -0.481 e. The molecule has 0 spiro atoms. The van der Waals surface area contributed by atoms with Gasteiger partial charge >= 0.3 is 11.9 Å².